The fraction of sp³-hybridized carbons (Fsp3) is 0.250. The van der Waals surface area contributed by atoms with Gasteiger partial charge < -0.3 is 4.42 Å². The molecule has 5 nitrogen and oxygen atoms in total. The Labute approximate surface area is 154 Å². The Morgan fingerprint density at radius 2 is 1.58 bits per heavy atom. The molecular weight excluding hydrogens is 348 g/mol. The smallest absolute Gasteiger partial charge is 0.261 e. The van der Waals surface area contributed by atoms with Crippen LogP contribution >= 0.6 is 0 Å². The molecule has 3 aromatic rings. The van der Waals surface area contributed by atoms with Crippen LogP contribution in [0.5, 0.6) is 0 Å². The Bertz CT molecular complexity index is 1000. The van der Waals surface area contributed by atoms with Gasteiger partial charge in [-0.15, -0.1) is 0 Å². The van der Waals surface area contributed by atoms with Gasteiger partial charge in [-0.25, -0.2) is 13.4 Å². The number of nitrogens with one attached hydrogen (secondary N) is 1. The molecule has 0 aliphatic heterocycles. The molecular formula is C20H22N2O3S. The van der Waals surface area contributed by atoms with Crippen molar-refractivity contribution < 1.29 is 12.8 Å². The number of rotatable bonds is 5. The molecule has 0 unspecified atom stereocenters. The SMILES string of the molecule is Cc1nc(-c2ccc(NS(=O)(=O)c3ccc(C(C)C)cc3)cc2)c(C)o1. The number of hydrogen-bond donors (Lipinski definition) is 1. The molecule has 1 N–H and O–H groups in total. The van der Waals surface area contributed by atoms with E-state index in [0.717, 1.165) is 22.6 Å². The van der Waals surface area contributed by atoms with Crippen LogP contribution in [0.4, 0.5) is 5.69 Å². The molecule has 6 heteroatoms. The van der Waals surface area contributed by atoms with Crippen molar-refractivity contribution in [3.63, 3.8) is 0 Å². The van der Waals surface area contributed by atoms with E-state index >= 15 is 0 Å². The molecule has 136 valence electrons. The maximum atomic E-state index is 12.6. The van der Waals surface area contributed by atoms with Crippen molar-refractivity contribution in [2.24, 2.45) is 0 Å². The Hall–Kier alpha value is -2.60. The number of aryl methyl sites for hydroxylation is 2. The third-order valence-corrected chi connectivity index (χ3v) is 5.57. The normalized spacial score (nSPS) is 11.7. The second-order valence-corrected chi connectivity index (χ2v) is 8.23. The third kappa shape index (κ3) is 3.80. The Kier molecular flexibility index (Phi) is 4.87. The summed E-state index contributed by atoms with van der Waals surface area (Å²) in [5, 5.41) is 0. The molecule has 0 aliphatic rings. The van der Waals surface area contributed by atoms with Crippen LogP contribution in [0.15, 0.2) is 57.8 Å². The number of aromatic nitrogens is 1. The zero-order chi connectivity index (χ0) is 18.9. The van der Waals surface area contributed by atoms with E-state index in [1.165, 1.54) is 0 Å². The molecule has 0 amide bonds. The van der Waals surface area contributed by atoms with Gasteiger partial charge in [0.15, 0.2) is 5.89 Å². The highest BCUT2D eigenvalue weighted by atomic mass is 32.2. The molecule has 0 saturated heterocycles. The standard InChI is InChI=1S/C20H22N2O3S/c1-13(2)16-7-11-19(12-8-16)26(23,24)22-18-9-5-17(6-10-18)20-14(3)25-15(4)21-20/h5-13,22H,1-4H3. The van der Waals surface area contributed by atoms with Crippen LogP contribution in [-0.4, -0.2) is 13.4 Å². The summed E-state index contributed by atoms with van der Waals surface area (Å²) in [5.74, 6) is 1.70. The number of hydrogen-bond acceptors (Lipinski definition) is 4. The number of benzene rings is 2. The first kappa shape index (κ1) is 18.2. The lowest BCUT2D eigenvalue weighted by molar-refractivity contribution is 0.495. The lowest BCUT2D eigenvalue weighted by atomic mass is 10.0. The van der Waals surface area contributed by atoms with E-state index in [2.05, 4.69) is 23.6 Å². The van der Waals surface area contributed by atoms with Gasteiger partial charge in [0.05, 0.1) is 4.90 Å². The minimum atomic E-state index is -3.62. The van der Waals surface area contributed by atoms with Crippen LogP contribution in [0.1, 0.15) is 37.0 Å². The van der Waals surface area contributed by atoms with Gasteiger partial charge in [0, 0.05) is 18.2 Å². The first-order chi connectivity index (χ1) is 12.3. The largest absolute Gasteiger partial charge is 0.446 e. The minimum absolute atomic E-state index is 0.244. The van der Waals surface area contributed by atoms with Crippen LogP contribution in [0.25, 0.3) is 11.3 Å². The molecule has 1 aromatic heterocycles. The van der Waals surface area contributed by atoms with Crippen molar-refractivity contribution >= 4 is 15.7 Å². The van der Waals surface area contributed by atoms with Crippen molar-refractivity contribution in [3.05, 3.63) is 65.7 Å². The van der Waals surface area contributed by atoms with Crippen LogP contribution in [-0.2, 0) is 10.0 Å². The van der Waals surface area contributed by atoms with Crippen molar-refractivity contribution in [2.45, 2.75) is 38.5 Å². The highest BCUT2D eigenvalue weighted by Gasteiger charge is 2.15. The third-order valence-electron chi connectivity index (χ3n) is 4.17. The maximum Gasteiger partial charge on any atom is 0.261 e. The Balaban J connectivity index is 1.80. The first-order valence-corrected chi connectivity index (χ1v) is 9.92. The van der Waals surface area contributed by atoms with Crippen molar-refractivity contribution in [2.75, 3.05) is 4.72 Å². The molecule has 0 atom stereocenters. The molecule has 0 saturated carbocycles. The van der Waals surface area contributed by atoms with Crippen molar-refractivity contribution in [1.82, 2.24) is 4.98 Å². The van der Waals surface area contributed by atoms with Crippen LogP contribution in [0.3, 0.4) is 0 Å². The summed E-state index contributed by atoms with van der Waals surface area (Å²) < 4.78 is 33.2. The summed E-state index contributed by atoms with van der Waals surface area (Å²) in [5.41, 5.74) is 3.25. The summed E-state index contributed by atoms with van der Waals surface area (Å²) in [6, 6.07) is 14.0. The molecule has 3 rings (SSSR count). The predicted molar refractivity (Wildman–Crippen MR) is 103 cm³/mol. The van der Waals surface area contributed by atoms with E-state index in [4.69, 9.17) is 4.42 Å². The van der Waals surface area contributed by atoms with Gasteiger partial charge in [-0.05, 0) is 42.7 Å². The van der Waals surface area contributed by atoms with Gasteiger partial charge in [0.2, 0.25) is 0 Å². The average Bonchev–Trinajstić information content (AvgIpc) is 2.93. The molecule has 0 bridgehead atoms. The highest BCUT2D eigenvalue weighted by molar-refractivity contribution is 7.92. The Morgan fingerprint density at radius 1 is 0.962 bits per heavy atom. The quantitative estimate of drug-likeness (QED) is 0.694. The molecule has 0 fully saturated rings. The van der Waals surface area contributed by atoms with E-state index in [1.54, 1.807) is 31.2 Å². The van der Waals surface area contributed by atoms with E-state index < -0.39 is 10.0 Å². The first-order valence-electron chi connectivity index (χ1n) is 8.43. The number of nitrogens with zero attached hydrogens (tertiary/aromatic N) is 1. The summed E-state index contributed by atoms with van der Waals surface area (Å²) in [7, 11) is -3.62. The second-order valence-electron chi connectivity index (χ2n) is 6.54. The zero-order valence-electron chi connectivity index (χ0n) is 15.3. The maximum absolute atomic E-state index is 12.6. The monoisotopic (exact) mass is 370 g/mol. The van der Waals surface area contributed by atoms with E-state index in [1.807, 2.05) is 31.2 Å². The predicted octanol–water partition coefficient (Wildman–Crippen LogP) is 4.88. The second kappa shape index (κ2) is 6.96. The van der Waals surface area contributed by atoms with Crippen molar-refractivity contribution in [1.29, 1.82) is 0 Å². The van der Waals surface area contributed by atoms with Gasteiger partial charge >= 0.3 is 0 Å². The fourth-order valence-corrected chi connectivity index (χ4v) is 3.80. The highest BCUT2D eigenvalue weighted by Crippen LogP contribution is 2.26. The topological polar surface area (TPSA) is 72.2 Å². The van der Waals surface area contributed by atoms with Gasteiger partial charge in [-0.2, -0.15) is 0 Å². The molecule has 0 radical (unpaired) electrons. The molecule has 1 heterocycles. The van der Waals surface area contributed by atoms with E-state index in [-0.39, 0.29) is 4.90 Å². The van der Waals surface area contributed by atoms with Crippen molar-refractivity contribution in [3.8, 4) is 11.3 Å². The van der Waals surface area contributed by atoms with Gasteiger partial charge in [0.25, 0.3) is 10.0 Å². The van der Waals surface area contributed by atoms with Gasteiger partial charge in [0.1, 0.15) is 11.5 Å². The molecule has 2 aromatic carbocycles. The number of anilines is 1. The number of sulfonamides is 1. The Morgan fingerprint density at radius 3 is 2.08 bits per heavy atom. The molecule has 26 heavy (non-hydrogen) atoms. The van der Waals surface area contributed by atoms with Gasteiger partial charge in [-0.1, -0.05) is 38.1 Å². The summed E-state index contributed by atoms with van der Waals surface area (Å²) >= 11 is 0. The van der Waals surface area contributed by atoms with E-state index in [9.17, 15) is 8.42 Å². The summed E-state index contributed by atoms with van der Waals surface area (Å²) in [6.07, 6.45) is 0. The van der Waals surface area contributed by atoms with E-state index in [0.29, 0.717) is 17.5 Å². The molecule has 0 spiro atoms. The minimum Gasteiger partial charge on any atom is -0.446 e. The lowest BCUT2D eigenvalue weighted by Crippen LogP contribution is -2.12. The lowest BCUT2D eigenvalue weighted by Gasteiger charge is -2.10. The van der Waals surface area contributed by atoms with Crippen LogP contribution < -0.4 is 4.72 Å². The van der Waals surface area contributed by atoms with Crippen LogP contribution in [0, 0.1) is 13.8 Å². The zero-order valence-corrected chi connectivity index (χ0v) is 16.1. The van der Waals surface area contributed by atoms with Gasteiger partial charge in [-0.3, -0.25) is 4.72 Å². The number of oxazole rings is 1. The van der Waals surface area contributed by atoms with Crippen LogP contribution in [0.2, 0.25) is 0 Å². The summed E-state index contributed by atoms with van der Waals surface area (Å²) in [6.45, 7) is 7.79. The molecule has 0 aliphatic carbocycles. The average molecular weight is 370 g/mol. The summed E-state index contributed by atoms with van der Waals surface area (Å²) in [4.78, 5) is 4.59. The fourth-order valence-electron chi connectivity index (χ4n) is 2.74.